The number of hydrogen-bond acceptors (Lipinski definition) is 3. The highest BCUT2D eigenvalue weighted by Gasteiger charge is 1.97. The number of unbranched alkanes of at least 4 members (excludes halogenated alkanes) is 3. The van der Waals surface area contributed by atoms with Gasteiger partial charge in [-0.05, 0) is 12.3 Å². The van der Waals surface area contributed by atoms with E-state index in [9.17, 15) is 0 Å². The number of aliphatic imine (C=N–C) groups is 1. The van der Waals surface area contributed by atoms with Gasteiger partial charge < -0.3 is 20.1 Å². The van der Waals surface area contributed by atoms with E-state index in [2.05, 4.69) is 29.5 Å². The maximum absolute atomic E-state index is 5.39. The van der Waals surface area contributed by atoms with Crippen LogP contribution in [0.2, 0.25) is 0 Å². The lowest BCUT2D eigenvalue weighted by molar-refractivity contribution is 0.0733. The van der Waals surface area contributed by atoms with Crippen LogP contribution in [0.5, 0.6) is 0 Å². The van der Waals surface area contributed by atoms with Crippen molar-refractivity contribution in [2.45, 2.75) is 46.0 Å². The first-order valence-electron chi connectivity index (χ1n) is 8.22. The van der Waals surface area contributed by atoms with Crippen LogP contribution in [-0.2, 0) is 9.47 Å². The highest BCUT2D eigenvalue weighted by molar-refractivity contribution is 5.79. The fourth-order valence-electron chi connectivity index (χ4n) is 1.94. The molecule has 0 aromatic heterocycles. The second-order valence-electron chi connectivity index (χ2n) is 5.63. The van der Waals surface area contributed by atoms with Gasteiger partial charge in [-0.2, -0.15) is 0 Å². The summed E-state index contributed by atoms with van der Waals surface area (Å²) in [6.45, 7) is 8.26. The normalized spacial score (nSPS) is 12.0. The summed E-state index contributed by atoms with van der Waals surface area (Å²) in [5.41, 5.74) is 0. The summed E-state index contributed by atoms with van der Waals surface area (Å²) in [6, 6.07) is 0. The Kier molecular flexibility index (Phi) is 15.0. The zero-order chi connectivity index (χ0) is 15.8. The summed E-state index contributed by atoms with van der Waals surface area (Å²) in [4.78, 5) is 4.19. The molecule has 0 aliphatic rings. The van der Waals surface area contributed by atoms with Crippen LogP contribution in [0.25, 0.3) is 0 Å². The molecule has 0 aliphatic heterocycles. The maximum atomic E-state index is 5.39. The smallest absolute Gasteiger partial charge is 0.191 e. The van der Waals surface area contributed by atoms with Crippen molar-refractivity contribution in [3.05, 3.63) is 0 Å². The Morgan fingerprint density at radius 3 is 2.33 bits per heavy atom. The molecule has 0 amide bonds. The topological polar surface area (TPSA) is 54.9 Å². The molecule has 2 N–H and O–H groups in total. The minimum atomic E-state index is 0.639. The fourth-order valence-corrected chi connectivity index (χ4v) is 1.94. The summed E-state index contributed by atoms with van der Waals surface area (Å²) in [6.07, 6.45) is 6.52. The Bertz CT molecular complexity index is 246. The van der Waals surface area contributed by atoms with Gasteiger partial charge in [-0.15, -0.1) is 0 Å². The average Bonchev–Trinajstić information content (AvgIpc) is 2.47. The summed E-state index contributed by atoms with van der Waals surface area (Å²) in [5.74, 6) is 1.68. The number of rotatable bonds is 13. The van der Waals surface area contributed by atoms with Gasteiger partial charge in [0.05, 0.1) is 19.8 Å². The molecule has 5 heteroatoms. The van der Waals surface area contributed by atoms with E-state index in [1.54, 1.807) is 14.2 Å². The maximum Gasteiger partial charge on any atom is 0.191 e. The van der Waals surface area contributed by atoms with Crippen molar-refractivity contribution >= 4 is 5.96 Å². The van der Waals surface area contributed by atoms with Crippen LogP contribution in [0, 0.1) is 5.92 Å². The van der Waals surface area contributed by atoms with Crippen molar-refractivity contribution < 1.29 is 9.47 Å². The number of methoxy groups -OCH3 is 1. The van der Waals surface area contributed by atoms with E-state index in [4.69, 9.17) is 9.47 Å². The molecule has 126 valence electrons. The summed E-state index contributed by atoms with van der Waals surface area (Å²) in [7, 11) is 3.47. The molecule has 0 rings (SSSR count). The Morgan fingerprint density at radius 1 is 0.952 bits per heavy atom. The highest BCUT2D eigenvalue weighted by atomic mass is 16.5. The predicted molar refractivity (Wildman–Crippen MR) is 90.0 cm³/mol. The van der Waals surface area contributed by atoms with Crippen molar-refractivity contribution in [3.63, 3.8) is 0 Å². The van der Waals surface area contributed by atoms with Crippen molar-refractivity contribution in [1.29, 1.82) is 0 Å². The van der Waals surface area contributed by atoms with E-state index in [1.807, 2.05) is 0 Å². The minimum Gasteiger partial charge on any atom is -0.382 e. The van der Waals surface area contributed by atoms with Gasteiger partial charge in [0, 0.05) is 27.2 Å². The largest absolute Gasteiger partial charge is 0.382 e. The van der Waals surface area contributed by atoms with E-state index in [0.29, 0.717) is 19.8 Å². The van der Waals surface area contributed by atoms with E-state index in [-0.39, 0.29) is 0 Å². The number of nitrogens with one attached hydrogen (secondary N) is 2. The SMILES string of the molecule is CN=C(NCCCCCCC(C)C)NCCOCCOC. The average molecular weight is 301 g/mol. The zero-order valence-corrected chi connectivity index (χ0v) is 14.4. The first kappa shape index (κ1) is 20.2. The molecule has 0 fully saturated rings. The molecule has 5 nitrogen and oxygen atoms in total. The molecule has 0 atom stereocenters. The third-order valence-corrected chi connectivity index (χ3v) is 3.19. The van der Waals surface area contributed by atoms with E-state index >= 15 is 0 Å². The van der Waals surface area contributed by atoms with Gasteiger partial charge in [-0.1, -0.05) is 39.5 Å². The lowest BCUT2D eigenvalue weighted by Crippen LogP contribution is -2.39. The Balaban J connectivity index is 3.37. The lowest BCUT2D eigenvalue weighted by atomic mass is 10.0. The molecule has 0 unspecified atom stereocenters. The summed E-state index contributed by atoms with van der Waals surface area (Å²) < 4.78 is 10.3. The van der Waals surface area contributed by atoms with Gasteiger partial charge in [0.15, 0.2) is 5.96 Å². The molecule has 0 bridgehead atoms. The monoisotopic (exact) mass is 301 g/mol. The molecule has 0 saturated carbocycles. The van der Waals surface area contributed by atoms with Gasteiger partial charge in [-0.3, -0.25) is 4.99 Å². The molecular formula is C16H35N3O2. The number of nitrogens with zero attached hydrogens (tertiary/aromatic N) is 1. The zero-order valence-electron chi connectivity index (χ0n) is 14.4. The minimum absolute atomic E-state index is 0.639. The van der Waals surface area contributed by atoms with Crippen LogP contribution in [0.3, 0.4) is 0 Å². The number of guanidine groups is 1. The van der Waals surface area contributed by atoms with Crippen LogP contribution in [0.15, 0.2) is 4.99 Å². The van der Waals surface area contributed by atoms with E-state index in [1.165, 1.54) is 32.1 Å². The highest BCUT2D eigenvalue weighted by Crippen LogP contribution is 2.08. The molecule has 0 radical (unpaired) electrons. The van der Waals surface area contributed by atoms with Gasteiger partial charge in [0.2, 0.25) is 0 Å². The van der Waals surface area contributed by atoms with Gasteiger partial charge in [0.1, 0.15) is 0 Å². The third-order valence-electron chi connectivity index (χ3n) is 3.19. The second kappa shape index (κ2) is 15.6. The molecular weight excluding hydrogens is 266 g/mol. The van der Waals surface area contributed by atoms with Crippen molar-refractivity contribution in [2.24, 2.45) is 10.9 Å². The molecule has 21 heavy (non-hydrogen) atoms. The van der Waals surface area contributed by atoms with Crippen molar-refractivity contribution in [1.82, 2.24) is 10.6 Å². The summed E-state index contributed by atoms with van der Waals surface area (Å²) in [5, 5.41) is 6.57. The van der Waals surface area contributed by atoms with Crippen LogP contribution in [0.1, 0.15) is 46.0 Å². The second-order valence-corrected chi connectivity index (χ2v) is 5.63. The number of ether oxygens (including phenoxy) is 2. The molecule has 0 heterocycles. The van der Waals surface area contributed by atoms with E-state index < -0.39 is 0 Å². The quantitative estimate of drug-likeness (QED) is 0.312. The third kappa shape index (κ3) is 15.4. The van der Waals surface area contributed by atoms with Crippen LogP contribution in [-0.4, -0.2) is 53.0 Å². The predicted octanol–water partition coefficient (Wildman–Crippen LogP) is 2.42. The van der Waals surface area contributed by atoms with Gasteiger partial charge in [-0.25, -0.2) is 0 Å². The molecule has 0 saturated heterocycles. The van der Waals surface area contributed by atoms with Crippen molar-refractivity contribution in [2.75, 3.05) is 47.1 Å². The van der Waals surface area contributed by atoms with Gasteiger partial charge >= 0.3 is 0 Å². The number of hydrogen-bond donors (Lipinski definition) is 2. The van der Waals surface area contributed by atoms with Crippen LogP contribution in [0.4, 0.5) is 0 Å². The Morgan fingerprint density at radius 2 is 1.67 bits per heavy atom. The molecule has 0 aromatic carbocycles. The van der Waals surface area contributed by atoms with Gasteiger partial charge in [0.25, 0.3) is 0 Å². The summed E-state index contributed by atoms with van der Waals surface area (Å²) >= 11 is 0. The first-order valence-corrected chi connectivity index (χ1v) is 8.22. The fraction of sp³-hybridized carbons (Fsp3) is 0.938. The Labute approximate surface area is 130 Å². The van der Waals surface area contributed by atoms with E-state index in [0.717, 1.165) is 25.0 Å². The lowest BCUT2D eigenvalue weighted by Gasteiger charge is -2.12. The van der Waals surface area contributed by atoms with Crippen LogP contribution < -0.4 is 10.6 Å². The Hall–Kier alpha value is -0.810. The standard InChI is InChI=1S/C16H35N3O2/c1-15(2)9-7-5-6-8-10-18-16(17-3)19-11-12-21-14-13-20-4/h15H,5-14H2,1-4H3,(H2,17,18,19). The molecule has 0 aromatic rings. The molecule has 0 aliphatic carbocycles. The molecule has 0 spiro atoms. The first-order chi connectivity index (χ1) is 10.2. The van der Waals surface area contributed by atoms with Crippen molar-refractivity contribution in [3.8, 4) is 0 Å². The van der Waals surface area contributed by atoms with Crippen LogP contribution >= 0.6 is 0 Å².